The number of nitrogens with one attached hydrogen (secondary N) is 1. The maximum Gasteiger partial charge on any atom is 0.271 e. The summed E-state index contributed by atoms with van der Waals surface area (Å²) in [5.74, 6) is -1.67. The lowest BCUT2D eigenvalue weighted by Gasteiger charge is -2.02. The lowest BCUT2D eigenvalue weighted by molar-refractivity contribution is 0.0954. The van der Waals surface area contributed by atoms with Crippen LogP contribution in [0.3, 0.4) is 0 Å². The summed E-state index contributed by atoms with van der Waals surface area (Å²) in [4.78, 5) is 11.7. The van der Waals surface area contributed by atoms with Crippen LogP contribution in [0.5, 0.6) is 23.0 Å². The van der Waals surface area contributed by atoms with Gasteiger partial charge in [0.2, 0.25) is 0 Å². The Morgan fingerprint density at radius 1 is 0.952 bits per heavy atom. The standard InChI is InChI=1S/C14H12N2O5/c17-10-4-9(5-11(18)6-10)14(21)16-15-7-8-1-2-12(19)13(20)3-8/h1-7,17-20H,(H,16,21). The summed E-state index contributed by atoms with van der Waals surface area (Å²) in [6.45, 7) is 0. The number of hydrazone groups is 1. The number of amides is 1. The molecule has 21 heavy (non-hydrogen) atoms. The molecule has 2 rings (SSSR count). The van der Waals surface area contributed by atoms with E-state index in [1.54, 1.807) is 0 Å². The number of hydrogen-bond acceptors (Lipinski definition) is 6. The van der Waals surface area contributed by atoms with E-state index in [0.29, 0.717) is 5.56 Å². The molecule has 0 heterocycles. The first-order chi connectivity index (χ1) is 9.95. The van der Waals surface area contributed by atoms with Gasteiger partial charge in [0.1, 0.15) is 11.5 Å². The predicted octanol–water partition coefficient (Wildman–Crippen LogP) is 1.27. The number of benzene rings is 2. The van der Waals surface area contributed by atoms with E-state index < -0.39 is 5.91 Å². The third kappa shape index (κ3) is 3.63. The quantitative estimate of drug-likeness (QED) is 0.331. The highest BCUT2D eigenvalue weighted by Gasteiger charge is 2.07. The van der Waals surface area contributed by atoms with Crippen LogP contribution in [0.1, 0.15) is 15.9 Å². The first-order valence-electron chi connectivity index (χ1n) is 5.84. The number of phenols is 4. The molecule has 1 amide bonds. The van der Waals surface area contributed by atoms with Gasteiger partial charge in [0.25, 0.3) is 5.91 Å². The Morgan fingerprint density at radius 3 is 2.24 bits per heavy atom. The summed E-state index contributed by atoms with van der Waals surface area (Å²) in [5.41, 5.74) is 2.70. The Labute approximate surface area is 119 Å². The number of carbonyl (C=O) groups excluding carboxylic acids is 1. The zero-order valence-electron chi connectivity index (χ0n) is 10.7. The van der Waals surface area contributed by atoms with Crippen LogP contribution in [0.2, 0.25) is 0 Å². The van der Waals surface area contributed by atoms with Crippen LogP contribution in [-0.4, -0.2) is 32.5 Å². The Balaban J connectivity index is 2.06. The minimum absolute atomic E-state index is 0.0400. The molecule has 2 aromatic rings. The van der Waals surface area contributed by atoms with Gasteiger partial charge in [-0.3, -0.25) is 4.79 Å². The van der Waals surface area contributed by atoms with E-state index >= 15 is 0 Å². The van der Waals surface area contributed by atoms with Crippen molar-refractivity contribution in [3.63, 3.8) is 0 Å². The van der Waals surface area contributed by atoms with Gasteiger partial charge in [-0.05, 0) is 35.9 Å². The van der Waals surface area contributed by atoms with Crippen molar-refractivity contribution in [2.75, 3.05) is 0 Å². The molecule has 0 aliphatic heterocycles. The van der Waals surface area contributed by atoms with Gasteiger partial charge in [-0.2, -0.15) is 5.10 Å². The Bertz CT molecular complexity index is 692. The molecule has 0 unspecified atom stereocenters. The molecule has 0 atom stereocenters. The van der Waals surface area contributed by atoms with Gasteiger partial charge in [-0.15, -0.1) is 0 Å². The zero-order valence-corrected chi connectivity index (χ0v) is 10.7. The van der Waals surface area contributed by atoms with Gasteiger partial charge >= 0.3 is 0 Å². The summed E-state index contributed by atoms with van der Waals surface area (Å²) in [5, 5.41) is 40.7. The van der Waals surface area contributed by atoms with Crippen LogP contribution in [0, 0.1) is 0 Å². The van der Waals surface area contributed by atoms with Crippen LogP contribution in [0.4, 0.5) is 0 Å². The largest absolute Gasteiger partial charge is 0.508 e. The highest BCUT2D eigenvalue weighted by Crippen LogP contribution is 2.24. The van der Waals surface area contributed by atoms with Crippen LogP contribution >= 0.6 is 0 Å². The van der Waals surface area contributed by atoms with Crippen LogP contribution in [-0.2, 0) is 0 Å². The average Bonchev–Trinajstić information content (AvgIpc) is 2.41. The number of hydrogen-bond donors (Lipinski definition) is 5. The van der Waals surface area contributed by atoms with Gasteiger partial charge in [0, 0.05) is 11.6 Å². The van der Waals surface area contributed by atoms with Gasteiger partial charge in [-0.25, -0.2) is 5.43 Å². The number of carbonyl (C=O) groups is 1. The van der Waals surface area contributed by atoms with E-state index in [2.05, 4.69) is 10.5 Å². The van der Waals surface area contributed by atoms with Crippen molar-refractivity contribution in [2.24, 2.45) is 5.10 Å². The second-order valence-corrected chi connectivity index (χ2v) is 4.19. The summed E-state index contributed by atoms with van der Waals surface area (Å²) in [6.07, 6.45) is 1.26. The van der Waals surface area contributed by atoms with E-state index in [9.17, 15) is 20.1 Å². The highest BCUT2D eigenvalue weighted by molar-refractivity contribution is 5.95. The fourth-order valence-electron chi connectivity index (χ4n) is 1.58. The molecule has 0 fully saturated rings. The molecule has 0 aromatic heterocycles. The van der Waals surface area contributed by atoms with Crippen molar-refractivity contribution in [1.29, 1.82) is 0 Å². The van der Waals surface area contributed by atoms with E-state index in [-0.39, 0.29) is 28.6 Å². The SMILES string of the molecule is O=C(NN=Cc1ccc(O)c(O)c1)c1cc(O)cc(O)c1. The topological polar surface area (TPSA) is 122 Å². The van der Waals surface area contributed by atoms with E-state index in [1.165, 1.54) is 36.5 Å². The van der Waals surface area contributed by atoms with Crippen molar-refractivity contribution >= 4 is 12.1 Å². The third-order valence-corrected chi connectivity index (χ3v) is 2.54. The van der Waals surface area contributed by atoms with Crippen molar-refractivity contribution in [2.45, 2.75) is 0 Å². The molecule has 0 bridgehead atoms. The van der Waals surface area contributed by atoms with Gasteiger partial charge < -0.3 is 20.4 Å². The Morgan fingerprint density at radius 2 is 1.62 bits per heavy atom. The molecule has 5 N–H and O–H groups in total. The lowest BCUT2D eigenvalue weighted by atomic mass is 10.2. The minimum Gasteiger partial charge on any atom is -0.508 e. The molecule has 0 aliphatic carbocycles. The normalized spacial score (nSPS) is 10.7. The average molecular weight is 288 g/mol. The molecule has 108 valence electrons. The van der Waals surface area contributed by atoms with Crippen molar-refractivity contribution in [3.8, 4) is 23.0 Å². The molecule has 0 aliphatic rings. The lowest BCUT2D eigenvalue weighted by Crippen LogP contribution is -2.17. The second kappa shape index (κ2) is 5.83. The van der Waals surface area contributed by atoms with Crippen LogP contribution < -0.4 is 5.43 Å². The maximum atomic E-state index is 11.7. The molecule has 0 saturated carbocycles. The fourth-order valence-corrected chi connectivity index (χ4v) is 1.58. The molecule has 7 heteroatoms. The summed E-state index contributed by atoms with van der Waals surface area (Å²) < 4.78 is 0. The molecule has 0 radical (unpaired) electrons. The predicted molar refractivity (Wildman–Crippen MR) is 74.6 cm³/mol. The molecule has 7 nitrogen and oxygen atoms in total. The van der Waals surface area contributed by atoms with Crippen molar-refractivity contribution in [1.82, 2.24) is 5.43 Å². The van der Waals surface area contributed by atoms with E-state index in [0.717, 1.165) is 6.07 Å². The summed E-state index contributed by atoms with van der Waals surface area (Å²) in [7, 11) is 0. The number of nitrogens with zero attached hydrogens (tertiary/aromatic N) is 1. The number of aromatic hydroxyl groups is 4. The molecule has 0 saturated heterocycles. The van der Waals surface area contributed by atoms with Gasteiger partial charge in [0.15, 0.2) is 11.5 Å². The first-order valence-corrected chi connectivity index (χ1v) is 5.84. The van der Waals surface area contributed by atoms with Gasteiger partial charge in [-0.1, -0.05) is 0 Å². The van der Waals surface area contributed by atoms with E-state index in [4.69, 9.17) is 5.11 Å². The van der Waals surface area contributed by atoms with Crippen molar-refractivity contribution < 1.29 is 25.2 Å². The molecular formula is C14H12N2O5. The maximum absolute atomic E-state index is 11.7. The smallest absolute Gasteiger partial charge is 0.271 e. The van der Waals surface area contributed by atoms with Gasteiger partial charge in [0.05, 0.1) is 6.21 Å². The zero-order chi connectivity index (χ0) is 15.4. The first kappa shape index (κ1) is 14.2. The van der Waals surface area contributed by atoms with Crippen LogP contribution in [0.15, 0.2) is 41.5 Å². The van der Waals surface area contributed by atoms with Crippen LogP contribution in [0.25, 0.3) is 0 Å². The molecular weight excluding hydrogens is 276 g/mol. The highest BCUT2D eigenvalue weighted by atomic mass is 16.3. The molecule has 0 spiro atoms. The number of rotatable bonds is 3. The minimum atomic E-state index is -0.625. The van der Waals surface area contributed by atoms with E-state index in [1.807, 2.05) is 0 Å². The monoisotopic (exact) mass is 288 g/mol. The second-order valence-electron chi connectivity index (χ2n) is 4.19. The fraction of sp³-hybridized carbons (Fsp3) is 0. The Hall–Kier alpha value is -3.22. The number of phenolic OH excluding ortho intramolecular Hbond substituents is 4. The Kier molecular flexibility index (Phi) is 3.94. The third-order valence-electron chi connectivity index (χ3n) is 2.54. The summed E-state index contributed by atoms with van der Waals surface area (Å²) >= 11 is 0. The van der Waals surface area contributed by atoms with Crippen molar-refractivity contribution in [3.05, 3.63) is 47.5 Å². The summed E-state index contributed by atoms with van der Waals surface area (Å²) in [6, 6.07) is 7.50. The molecule has 2 aromatic carbocycles.